The highest BCUT2D eigenvalue weighted by molar-refractivity contribution is 7.99. The first-order valence-electron chi connectivity index (χ1n) is 17.0. The van der Waals surface area contributed by atoms with Gasteiger partial charge in [0.05, 0.1) is 13.2 Å². The van der Waals surface area contributed by atoms with E-state index in [1.165, 1.54) is 6.92 Å². The van der Waals surface area contributed by atoms with Gasteiger partial charge in [-0.05, 0) is 88.1 Å². The fraction of sp³-hybridized carbons (Fsp3) is 0.350. The van der Waals surface area contributed by atoms with E-state index in [-0.39, 0.29) is 29.4 Å². The number of hydrogen-bond donors (Lipinski definition) is 0. The number of carbonyl (C=O) groups excluding carboxylic acids is 3. The number of nitrogens with zero attached hydrogens (tertiary/aromatic N) is 3. The van der Waals surface area contributed by atoms with Crippen LogP contribution in [0.4, 0.5) is 0 Å². The number of aromatic nitrogens is 1. The smallest absolute Gasteiger partial charge is 0.331 e. The van der Waals surface area contributed by atoms with E-state index in [0.29, 0.717) is 42.9 Å². The minimum absolute atomic E-state index is 0.0342. The molecule has 2 heterocycles. The topological polar surface area (TPSA) is 90.2 Å². The van der Waals surface area contributed by atoms with E-state index in [9.17, 15) is 14.4 Å². The van der Waals surface area contributed by atoms with Gasteiger partial charge in [0.1, 0.15) is 5.71 Å². The van der Waals surface area contributed by atoms with Gasteiger partial charge in [0, 0.05) is 87.7 Å². The van der Waals surface area contributed by atoms with Gasteiger partial charge in [-0.15, -0.1) is 11.8 Å². The van der Waals surface area contributed by atoms with E-state index in [2.05, 4.69) is 47.7 Å². The predicted octanol–water partition coefficient (Wildman–Crippen LogP) is 7.72. The maximum absolute atomic E-state index is 14.0. The maximum Gasteiger partial charge on any atom is 0.331 e. The highest BCUT2D eigenvalue weighted by atomic mass is 32.2. The summed E-state index contributed by atoms with van der Waals surface area (Å²) in [4.78, 5) is 47.8. The number of thioether (sulfide) groups is 1. The number of allylic oxidation sites excluding steroid dienone is 6. The zero-order chi connectivity index (χ0) is 34.5. The van der Waals surface area contributed by atoms with Crippen molar-refractivity contribution in [1.29, 1.82) is 0 Å². The first kappa shape index (κ1) is 34.4. The van der Waals surface area contributed by atoms with Gasteiger partial charge in [-0.25, -0.2) is 4.79 Å². The highest BCUT2D eigenvalue weighted by Gasteiger charge is 2.27. The first-order chi connectivity index (χ1) is 23.7. The second-order valence-corrected chi connectivity index (χ2v) is 14.0. The molecule has 6 rings (SSSR count). The van der Waals surface area contributed by atoms with Crippen LogP contribution in [0.3, 0.4) is 0 Å². The number of Topliss-reactive ketones (excluding diaryl/α,β-unsaturated/α-hetero) is 2. The van der Waals surface area contributed by atoms with Crippen molar-refractivity contribution in [3.63, 3.8) is 0 Å². The second kappa shape index (κ2) is 15.4. The Bertz CT molecular complexity index is 1910. The molecule has 0 amide bonds. The molecule has 0 saturated carbocycles. The molecular formula is C40H43N3O5S. The van der Waals surface area contributed by atoms with Crippen LogP contribution in [-0.2, 0) is 32.1 Å². The number of ether oxygens (including phenoxy) is 1. The maximum atomic E-state index is 14.0. The van der Waals surface area contributed by atoms with Crippen LogP contribution in [0.25, 0.3) is 17.0 Å². The molecule has 8 nitrogen and oxygen atoms in total. The number of carbonyl (C=O) groups is 3. The summed E-state index contributed by atoms with van der Waals surface area (Å²) >= 11 is 1.61. The fourth-order valence-electron chi connectivity index (χ4n) is 6.82. The van der Waals surface area contributed by atoms with E-state index in [1.807, 2.05) is 66.8 Å². The molecular weight excluding hydrogens is 635 g/mol. The molecule has 2 aromatic carbocycles. The molecule has 1 fully saturated rings. The van der Waals surface area contributed by atoms with Gasteiger partial charge in [-0.1, -0.05) is 35.5 Å². The van der Waals surface area contributed by atoms with Gasteiger partial charge in [-0.3, -0.25) is 9.59 Å². The largest absolute Gasteiger partial charge is 0.377 e. The summed E-state index contributed by atoms with van der Waals surface area (Å²) < 4.78 is 7.97. The Labute approximate surface area is 292 Å². The number of morpholine rings is 1. The molecule has 1 aromatic heterocycles. The molecule has 0 bridgehead atoms. The number of fused-ring (bicyclic) bond motifs is 3. The number of ketones is 2. The number of hydrogen-bond acceptors (Lipinski definition) is 8. The summed E-state index contributed by atoms with van der Waals surface area (Å²) in [5.41, 5.74) is 6.38. The quantitative estimate of drug-likeness (QED) is 0.0675. The van der Waals surface area contributed by atoms with Crippen LogP contribution in [0.15, 0.2) is 99.7 Å². The van der Waals surface area contributed by atoms with Crippen LogP contribution in [0.1, 0.15) is 68.6 Å². The van der Waals surface area contributed by atoms with E-state index in [4.69, 9.17) is 9.57 Å². The molecule has 2 unspecified atom stereocenters. The van der Waals surface area contributed by atoms with Crippen LogP contribution in [0.2, 0.25) is 0 Å². The van der Waals surface area contributed by atoms with Crippen molar-refractivity contribution in [2.45, 2.75) is 76.9 Å². The average molecular weight is 678 g/mol. The van der Waals surface area contributed by atoms with E-state index in [1.54, 1.807) is 11.8 Å². The van der Waals surface area contributed by atoms with E-state index in [0.717, 1.165) is 57.6 Å². The Kier molecular flexibility index (Phi) is 10.8. The summed E-state index contributed by atoms with van der Waals surface area (Å²) in [7, 11) is 0. The molecule has 0 N–H and O–H groups in total. The summed E-state index contributed by atoms with van der Waals surface area (Å²) in [6, 6.07) is 16.2. The van der Waals surface area contributed by atoms with E-state index >= 15 is 0 Å². The van der Waals surface area contributed by atoms with Crippen LogP contribution in [0.5, 0.6) is 0 Å². The third-order valence-electron chi connectivity index (χ3n) is 9.24. The standard InChI is InChI=1S/C40H43N3O5S/c1-5-42-37-16-14-31(39(45)30-11-9-10-29(20-30)23-43-26(2)24-47-25-27(43)3)21-34(37)35-22-32(15-17-38(35)42)40(46)36(41-48-28(4)44)18-19-49-33-12-7-6-8-13-33/h6-9,11-13,15,17,20-23,26-27H,5,10,14,16,18-19,24-25H2,1-4H3/b29-23-,41-36+. The molecule has 0 radical (unpaired) electrons. The highest BCUT2D eigenvalue weighted by Crippen LogP contribution is 2.36. The number of rotatable bonds is 11. The summed E-state index contributed by atoms with van der Waals surface area (Å²) in [5, 5.41) is 4.89. The Morgan fingerprint density at radius 2 is 1.82 bits per heavy atom. The Hall–Kier alpha value is -4.47. The molecule has 3 aliphatic rings. The van der Waals surface area contributed by atoms with Gasteiger partial charge in [0.15, 0.2) is 5.78 Å². The Morgan fingerprint density at radius 3 is 2.55 bits per heavy atom. The van der Waals surface area contributed by atoms with Crippen LogP contribution < -0.4 is 0 Å². The molecule has 9 heteroatoms. The van der Waals surface area contributed by atoms with Crippen LogP contribution in [0, 0.1) is 0 Å². The van der Waals surface area contributed by atoms with Crippen molar-refractivity contribution in [3.05, 3.63) is 106 Å². The molecule has 2 aliphatic carbocycles. The minimum atomic E-state index is -0.580. The van der Waals surface area contributed by atoms with Gasteiger partial charge >= 0.3 is 5.97 Å². The molecule has 1 aliphatic heterocycles. The Morgan fingerprint density at radius 1 is 1.04 bits per heavy atom. The predicted molar refractivity (Wildman–Crippen MR) is 196 cm³/mol. The van der Waals surface area contributed by atoms with Crippen LogP contribution in [-0.4, -0.2) is 63.8 Å². The van der Waals surface area contributed by atoms with Crippen molar-refractivity contribution in [2.75, 3.05) is 19.0 Å². The van der Waals surface area contributed by atoms with Crippen molar-refractivity contribution >= 4 is 52.0 Å². The third kappa shape index (κ3) is 7.73. The molecule has 3 aromatic rings. The minimum Gasteiger partial charge on any atom is -0.377 e. The normalized spacial score (nSPS) is 20.2. The summed E-state index contributed by atoms with van der Waals surface area (Å²) in [6.07, 6.45) is 12.7. The first-order valence-corrected chi connectivity index (χ1v) is 18.0. The van der Waals surface area contributed by atoms with Crippen LogP contribution >= 0.6 is 11.8 Å². The lowest BCUT2D eigenvalue weighted by molar-refractivity contribution is -0.140. The molecule has 1 saturated heterocycles. The lowest BCUT2D eigenvalue weighted by Gasteiger charge is -2.38. The average Bonchev–Trinajstić information content (AvgIpc) is 3.43. The number of benzene rings is 2. The third-order valence-corrected chi connectivity index (χ3v) is 10.3. The monoisotopic (exact) mass is 677 g/mol. The summed E-state index contributed by atoms with van der Waals surface area (Å²) in [6.45, 7) is 9.86. The van der Waals surface area contributed by atoms with E-state index < -0.39 is 5.97 Å². The molecule has 49 heavy (non-hydrogen) atoms. The molecule has 254 valence electrons. The zero-order valence-electron chi connectivity index (χ0n) is 28.6. The lowest BCUT2D eigenvalue weighted by atomic mass is 9.88. The van der Waals surface area contributed by atoms with Crippen molar-refractivity contribution in [2.24, 2.45) is 5.16 Å². The fourth-order valence-corrected chi connectivity index (χ4v) is 7.70. The molecule has 2 atom stereocenters. The Balaban J connectivity index is 1.28. The number of oxime groups is 1. The van der Waals surface area contributed by atoms with Gasteiger partial charge < -0.3 is 19.0 Å². The van der Waals surface area contributed by atoms with Gasteiger partial charge in [0.25, 0.3) is 0 Å². The summed E-state index contributed by atoms with van der Waals surface area (Å²) in [5.74, 6) is -0.234. The zero-order valence-corrected chi connectivity index (χ0v) is 29.4. The SMILES string of the molecule is CCn1c2c(c3cc(C(=O)/C(CCSc4ccccc4)=N/OC(C)=O)ccc31)C=C(C(=O)C1=C/C(=C\N3C(C)COCC3C)CC=C1)CC2. The van der Waals surface area contributed by atoms with Crippen molar-refractivity contribution in [3.8, 4) is 0 Å². The van der Waals surface area contributed by atoms with Gasteiger partial charge in [0.2, 0.25) is 5.78 Å². The van der Waals surface area contributed by atoms with Crippen molar-refractivity contribution < 1.29 is 24.0 Å². The number of aryl methyl sites for hydroxylation is 1. The van der Waals surface area contributed by atoms with Crippen molar-refractivity contribution in [1.82, 2.24) is 9.47 Å². The lowest BCUT2D eigenvalue weighted by Crippen LogP contribution is -2.46. The van der Waals surface area contributed by atoms with Gasteiger partial charge in [-0.2, -0.15) is 0 Å². The molecule has 0 spiro atoms. The second-order valence-electron chi connectivity index (χ2n) is 12.8.